The third-order valence-corrected chi connectivity index (χ3v) is 4.12. The Labute approximate surface area is 156 Å². The van der Waals surface area contributed by atoms with Gasteiger partial charge in [-0.1, -0.05) is 26.5 Å². The molecule has 1 aliphatic heterocycles. The number of carbonyl (C=O) groups excluding carboxylic acids is 1. The van der Waals surface area contributed by atoms with Crippen LogP contribution in [0.4, 0.5) is 0 Å². The Morgan fingerprint density at radius 2 is 2.27 bits per heavy atom. The average molecular weight is 362 g/mol. The Morgan fingerprint density at radius 3 is 2.96 bits per heavy atom. The molecular weight excluding hydrogens is 332 g/mol. The maximum Gasteiger partial charge on any atom is 0.251 e. The lowest BCUT2D eigenvalue weighted by atomic mass is 10.1. The van der Waals surface area contributed by atoms with Crippen LogP contribution in [-0.2, 0) is 4.74 Å². The maximum atomic E-state index is 12.4. The number of morpholine rings is 1. The van der Waals surface area contributed by atoms with Crippen molar-refractivity contribution in [1.29, 1.82) is 0 Å². The van der Waals surface area contributed by atoms with Crippen molar-refractivity contribution in [2.24, 2.45) is 5.92 Å². The van der Waals surface area contributed by atoms with E-state index in [4.69, 9.17) is 14.2 Å². The standard InChI is InChI=1S/C20H30N2O4/c1-5-9-26-18-7-6-16(11-19(18)24-4)20(23)21-12-17-14-22(8-10-25-17)13-15(2)3/h5-7,11,15,17H,1,8-10,12-14H2,2-4H3,(H,21,23). The summed E-state index contributed by atoms with van der Waals surface area (Å²) >= 11 is 0. The number of methoxy groups -OCH3 is 1. The van der Waals surface area contributed by atoms with Gasteiger partial charge in [0, 0.05) is 31.7 Å². The summed E-state index contributed by atoms with van der Waals surface area (Å²) in [5.41, 5.74) is 0.530. The number of hydrogen-bond donors (Lipinski definition) is 1. The summed E-state index contributed by atoms with van der Waals surface area (Å²) in [6, 6.07) is 5.14. The summed E-state index contributed by atoms with van der Waals surface area (Å²) in [5.74, 6) is 1.58. The van der Waals surface area contributed by atoms with Gasteiger partial charge in [-0.05, 0) is 24.1 Å². The highest BCUT2D eigenvalue weighted by atomic mass is 16.5. The van der Waals surface area contributed by atoms with Gasteiger partial charge in [-0.2, -0.15) is 0 Å². The molecule has 1 heterocycles. The molecule has 1 aromatic rings. The second-order valence-electron chi connectivity index (χ2n) is 6.82. The Bertz CT molecular complexity index is 603. The number of nitrogens with one attached hydrogen (secondary N) is 1. The van der Waals surface area contributed by atoms with E-state index in [1.54, 1.807) is 31.4 Å². The van der Waals surface area contributed by atoms with E-state index in [1.807, 2.05) is 0 Å². The number of rotatable bonds is 9. The molecule has 2 rings (SSSR count). The van der Waals surface area contributed by atoms with Gasteiger partial charge in [0.2, 0.25) is 0 Å². The molecule has 6 heteroatoms. The summed E-state index contributed by atoms with van der Waals surface area (Å²) in [4.78, 5) is 14.8. The van der Waals surface area contributed by atoms with Crippen LogP contribution in [0, 0.1) is 5.92 Å². The van der Waals surface area contributed by atoms with Crippen molar-refractivity contribution in [3.05, 3.63) is 36.4 Å². The van der Waals surface area contributed by atoms with Crippen molar-refractivity contribution in [1.82, 2.24) is 10.2 Å². The smallest absolute Gasteiger partial charge is 0.251 e. The van der Waals surface area contributed by atoms with Crippen molar-refractivity contribution in [3.63, 3.8) is 0 Å². The van der Waals surface area contributed by atoms with Gasteiger partial charge in [-0.25, -0.2) is 0 Å². The van der Waals surface area contributed by atoms with E-state index in [9.17, 15) is 4.79 Å². The van der Waals surface area contributed by atoms with Crippen LogP contribution in [0.15, 0.2) is 30.9 Å². The number of benzene rings is 1. The lowest BCUT2D eigenvalue weighted by Crippen LogP contribution is -2.48. The molecule has 0 aromatic heterocycles. The quantitative estimate of drug-likeness (QED) is 0.684. The van der Waals surface area contributed by atoms with E-state index < -0.39 is 0 Å². The fraction of sp³-hybridized carbons (Fsp3) is 0.550. The number of ether oxygens (including phenoxy) is 3. The van der Waals surface area contributed by atoms with Crippen LogP contribution >= 0.6 is 0 Å². The minimum Gasteiger partial charge on any atom is -0.493 e. The molecule has 6 nitrogen and oxygen atoms in total. The Balaban J connectivity index is 1.90. The van der Waals surface area contributed by atoms with Gasteiger partial charge in [0.1, 0.15) is 6.61 Å². The molecule has 1 atom stereocenters. The molecule has 1 unspecified atom stereocenters. The van der Waals surface area contributed by atoms with E-state index in [0.717, 1.165) is 19.6 Å². The predicted molar refractivity (Wildman–Crippen MR) is 102 cm³/mol. The van der Waals surface area contributed by atoms with Gasteiger partial charge in [0.15, 0.2) is 11.5 Å². The molecule has 1 aromatic carbocycles. The highest BCUT2D eigenvalue weighted by molar-refractivity contribution is 5.94. The molecule has 0 radical (unpaired) electrons. The third kappa shape index (κ3) is 6.04. The first-order chi connectivity index (χ1) is 12.5. The molecular formula is C20H30N2O4. The molecule has 1 amide bonds. The number of carbonyl (C=O) groups is 1. The average Bonchev–Trinajstić information content (AvgIpc) is 2.64. The summed E-state index contributed by atoms with van der Waals surface area (Å²) < 4.78 is 16.6. The van der Waals surface area contributed by atoms with Crippen LogP contribution in [0.5, 0.6) is 11.5 Å². The van der Waals surface area contributed by atoms with Crippen molar-refractivity contribution < 1.29 is 19.0 Å². The summed E-state index contributed by atoms with van der Waals surface area (Å²) in [6.07, 6.45) is 1.68. The van der Waals surface area contributed by atoms with Crippen LogP contribution in [0.25, 0.3) is 0 Å². The zero-order valence-corrected chi connectivity index (χ0v) is 16.0. The number of amides is 1. The summed E-state index contributed by atoms with van der Waals surface area (Å²) in [7, 11) is 1.55. The number of nitrogens with zero attached hydrogens (tertiary/aromatic N) is 1. The van der Waals surface area contributed by atoms with E-state index in [-0.39, 0.29) is 12.0 Å². The molecule has 1 aliphatic rings. The fourth-order valence-electron chi connectivity index (χ4n) is 2.97. The topological polar surface area (TPSA) is 60.0 Å². The molecule has 1 saturated heterocycles. The molecule has 0 aliphatic carbocycles. The van der Waals surface area contributed by atoms with Crippen LogP contribution in [-0.4, -0.2) is 63.4 Å². The van der Waals surface area contributed by atoms with Gasteiger partial charge < -0.3 is 19.5 Å². The van der Waals surface area contributed by atoms with Gasteiger partial charge in [-0.3, -0.25) is 9.69 Å². The predicted octanol–water partition coefficient (Wildman–Crippen LogP) is 2.35. The second kappa shape index (κ2) is 10.2. The van der Waals surface area contributed by atoms with E-state index in [2.05, 4.69) is 30.6 Å². The summed E-state index contributed by atoms with van der Waals surface area (Å²) in [5, 5.41) is 2.95. The SMILES string of the molecule is C=CCOc1ccc(C(=O)NCC2CN(CC(C)C)CCO2)cc1OC. The molecule has 0 saturated carbocycles. The largest absolute Gasteiger partial charge is 0.493 e. The highest BCUT2D eigenvalue weighted by Gasteiger charge is 2.21. The van der Waals surface area contributed by atoms with Crippen molar-refractivity contribution in [2.75, 3.05) is 46.5 Å². The van der Waals surface area contributed by atoms with Crippen LogP contribution in [0.2, 0.25) is 0 Å². The zero-order chi connectivity index (χ0) is 18.9. The van der Waals surface area contributed by atoms with Crippen LogP contribution in [0.1, 0.15) is 24.2 Å². The molecule has 0 bridgehead atoms. The molecule has 144 valence electrons. The normalized spacial score (nSPS) is 17.8. The lowest BCUT2D eigenvalue weighted by molar-refractivity contribution is -0.0295. The highest BCUT2D eigenvalue weighted by Crippen LogP contribution is 2.28. The van der Waals surface area contributed by atoms with Gasteiger partial charge in [0.25, 0.3) is 5.91 Å². The monoisotopic (exact) mass is 362 g/mol. The van der Waals surface area contributed by atoms with Crippen molar-refractivity contribution in [3.8, 4) is 11.5 Å². The fourth-order valence-corrected chi connectivity index (χ4v) is 2.97. The van der Waals surface area contributed by atoms with Crippen molar-refractivity contribution >= 4 is 5.91 Å². The lowest BCUT2D eigenvalue weighted by Gasteiger charge is -2.33. The van der Waals surface area contributed by atoms with Gasteiger partial charge in [0.05, 0.1) is 19.8 Å². The molecule has 26 heavy (non-hydrogen) atoms. The first-order valence-corrected chi connectivity index (χ1v) is 9.07. The van der Waals surface area contributed by atoms with Crippen molar-refractivity contribution in [2.45, 2.75) is 20.0 Å². The second-order valence-corrected chi connectivity index (χ2v) is 6.82. The van der Waals surface area contributed by atoms with Gasteiger partial charge >= 0.3 is 0 Å². The first kappa shape index (κ1) is 20.3. The Morgan fingerprint density at radius 1 is 1.46 bits per heavy atom. The van der Waals surface area contributed by atoms with Gasteiger partial charge in [-0.15, -0.1) is 0 Å². The Hall–Kier alpha value is -2.05. The molecule has 1 N–H and O–H groups in total. The zero-order valence-electron chi connectivity index (χ0n) is 16.0. The molecule has 1 fully saturated rings. The Kier molecular flexibility index (Phi) is 7.94. The first-order valence-electron chi connectivity index (χ1n) is 9.07. The van der Waals surface area contributed by atoms with Crippen LogP contribution < -0.4 is 14.8 Å². The van der Waals surface area contributed by atoms with Crippen LogP contribution in [0.3, 0.4) is 0 Å². The minimum absolute atomic E-state index is 0.0172. The molecule has 0 spiro atoms. The van der Waals surface area contributed by atoms with E-state index in [1.165, 1.54) is 0 Å². The summed E-state index contributed by atoms with van der Waals surface area (Å²) in [6.45, 7) is 12.5. The van der Waals surface area contributed by atoms with E-state index >= 15 is 0 Å². The minimum atomic E-state index is -0.150. The number of hydrogen-bond acceptors (Lipinski definition) is 5. The third-order valence-electron chi connectivity index (χ3n) is 4.12. The van der Waals surface area contributed by atoms with E-state index in [0.29, 0.717) is 42.7 Å². The maximum absolute atomic E-state index is 12.4.